The SMILES string of the molecule is CC.COC(=O)c1cncc(-c2ccc3c(c2)C(=O)OC2(CCNCC2)C3)c1. The lowest BCUT2D eigenvalue weighted by molar-refractivity contribution is -0.0398. The highest BCUT2D eigenvalue weighted by Gasteiger charge is 2.41. The van der Waals surface area contributed by atoms with Crippen LogP contribution in [-0.2, 0) is 15.9 Å². The van der Waals surface area contributed by atoms with Gasteiger partial charge in [-0.05, 0) is 36.3 Å². The lowest BCUT2D eigenvalue weighted by atomic mass is 9.81. The van der Waals surface area contributed by atoms with Gasteiger partial charge >= 0.3 is 11.9 Å². The van der Waals surface area contributed by atoms with Crippen LogP contribution in [0, 0.1) is 0 Å². The summed E-state index contributed by atoms with van der Waals surface area (Å²) in [7, 11) is 1.33. The molecular formula is C22H26N2O4. The molecule has 28 heavy (non-hydrogen) atoms. The third-order valence-corrected chi connectivity index (χ3v) is 5.16. The van der Waals surface area contributed by atoms with E-state index in [0.717, 1.165) is 49.0 Å². The monoisotopic (exact) mass is 382 g/mol. The van der Waals surface area contributed by atoms with Gasteiger partial charge in [-0.15, -0.1) is 0 Å². The summed E-state index contributed by atoms with van der Waals surface area (Å²) < 4.78 is 10.6. The molecule has 1 spiro atoms. The van der Waals surface area contributed by atoms with Gasteiger partial charge in [0.05, 0.1) is 18.2 Å². The van der Waals surface area contributed by atoms with Crippen molar-refractivity contribution in [1.29, 1.82) is 0 Å². The number of nitrogens with one attached hydrogen (secondary N) is 1. The summed E-state index contributed by atoms with van der Waals surface area (Å²) >= 11 is 0. The van der Waals surface area contributed by atoms with Crippen LogP contribution >= 0.6 is 0 Å². The maximum absolute atomic E-state index is 12.6. The van der Waals surface area contributed by atoms with E-state index >= 15 is 0 Å². The minimum absolute atomic E-state index is 0.271. The van der Waals surface area contributed by atoms with E-state index in [1.54, 1.807) is 12.3 Å². The lowest BCUT2D eigenvalue weighted by Gasteiger charge is -2.40. The first-order valence-corrected chi connectivity index (χ1v) is 9.71. The fraction of sp³-hybridized carbons (Fsp3) is 0.409. The Hall–Kier alpha value is -2.73. The van der Waals surface area contributed by atoms with Crippen LogP contribution in [-0.4, -0.2) is 42.7 Å². The van der Waals surface area contributed by atoms with Gasteiger partial charge in [0.25, 0.3) is 0 Å². The quantitative estimate of drug-likeness (QED) is 0.802. The standard InChI is InChI=1S/C20H20N2O4.C2H6/c1-25-18(23)16-8-15(11-22-12-16)13-2-3-14-10-20(4-6-21-7-5-20)26-19(24)17(14)9-13;1-2/h2-3,8-9,11-12,21H,4-7,10H2,1H3;1-2H3. The van der Waals surface area contributed by atoms with Crippen molar-refractivity contribution in [3.63, 3.8) is 0 Å². The van der Waals surface area contributed by atoms with Crippen molar-refractivity contribution in [2.45, 2.75) is 38.7 Å². The number of fused-ring (bicyclic) bond motifs is 1. The predicted octanol–water partition coefficient (Wildman–Crippen LogP) is 3.40. The maximum atomic E-state index is 12.6. The average Bonchev–Trinajstić information content (AvgIpc) is 2.75. The minimum atomic E-state index is -0.440. The number of hydrogen-bond donors (Lipinski definition) is 1. The molecule has 148 valence electrons. The van der Waals surface area contributed by atoms with Crippen LogP contribution in [0.1, 0.15) is 53.0 Å². The van der Waals surface area contributed by atoms with Gasteiger partial charge in [-0.25, -0.2) is 9.59 Å². The van der Waals surface area contributed by atoms with E-state index < -0.39 is 5.97 Å². The first-order valence-electron chi connectivity index (χ1n) is 9.71. The van der Waals surface area contributed by atoms with Crippen LogP contribution < -0.4 is 5.32 Å². The van der Waals surface area contributed by atoms with Crippen molar-refractivity contribution in [2.24, 2.45) is 0 Å². The fourth-order valence-corrected chi connectivity index (χ4v) is 3.72. The molecule has 0 atom stereocenters. The molecule has 6 heteroatoms. The van der Waals surface area contributed by atoms with Gasteiger partial charge in [0.15, 0.2) is 0 Å². The normalized spacial score (nSPS) is 17.0. The van der Waals surface area contributed by atoms with Gasteiger partial charge in [0.1, 0.15) is 5.60 Å². The molecule has 0 radical (unpaired) electrons. The Labute approximate surface area is 165 Å². The molecule has 0 amide bonds. The summed E-state index contributed by atoms with van der Waals surface area (Å²) in [4.78, 5) is 28.4. The number of carbonyl (C=O) groups excluding carboxylic acids is 2. The number of aromatic nitrogens is 1. The third kappa shape index (κ3) is 3.92. The first-order chi connectivity index (χ1) is 13.6. The van der Waals surface area contributed by atoms with Crippen molar-refractivity contribution >= 4 is 11.9 Å². The van der Waals surface area contributed by atoms with Crippen molar-refractivity contribution < 1.29 is 19.1 Å². The lowest BCUT2D eigenvalue weighted by Crippen LogP contribution is -2.49. The minimum Gasteiger partial charge on any atom is -0.465 e. The second kappa shape index (κ2) is 8.52. The number of rotatable bonds is 2. The Morgan fingerprint density at radius 2 is 1.89 bits per heavy atom. The van der Waals surface area contributed by atoms with Crippen LogP contribution in [0.15, 0.2) is 36.7 Å². The van der Waals surface area contributed by atoms with E-state index in [9.17, 15) is 9.59 Å². The van der Waals surface area contributed by atoms with Crippen LogP contribution in [0.25, 0.3) is 11.1 Å². The molecule has 2 aliphatic rings. The largest absolute Gasteiger partial charge is 0.465 e. The van der Waals surface area contributed by atoms with E-state index in [0.29, 0.717) is 11.1 Å². The molecule has 1 saturated heterocycles. The summed E-state index contributed by atoms with van der Waals surface area (Å²) in [6.07, 6.45) is 5.55. The van der Waals surface area contributed by atoms with Gasteiger partial charge in [-0.2, -0.15) is 0 Å². The smallest absolute Gasteiger partial charge is 0.339 e. The van der Waals surface area contributed by atoms with Crippen LogP contribution in [0.2, 0.25) is 0 Å². The second-order valence-corrected chi connectivity index (χ2v) is 6.83. The number of esters is 2. The van der Waals surface area contributed by atoms with Crippen LogP contribution in [0.3, 0.4) is 0 Å². The molecule has 0 saturated carbocycles. The number of benzene rings is 1. The molecule has 4 rings (SSSR count). The molecular weight excluding hydrogens is 356 g/mol. The Bertz CT molecular complexity index is 873. The molecule has 1 N–H and O–H groups in total. The zero-order valence-corrected chi connectivity index (χ0v) is 16.6. The highest BCUT2D eigenvalue weighted by Crippen LogP contribution is 2.36. The molecule has 1 aromatic carbocycles. The number of hydrogen-bond acceptors (Lipinski definition) is 6. The Balaban J connectivity index is 0.00000109. The molecule has 3 heterocycles. The Kier molecular flexibility index (Phi) is 6.09. The average molecular weight is 382 g/mol. The van der Waals surface area contributed by atoms with Crippen LogP contribution in [0.5, 0.6) is 0 Å². The second-order valence-electron chi connectivity index (χ2n) is 6.83. The molecule has 2 aliphatic heterocycles. The summed E-state index contributed by atoms with van der Waals surface area (Å²) in [6, 6.07) is 7.48. The zero-order valence-electron chi connectivity index (χ0n) is 16.6. The summed E-state index contributed by atoms with van der Waals surface area (Å²) in [5.74, 6) is -0.711. The zero-order chi connectivity index (χ0) is 20.1. The highest BCUT2D eigenvalue weighted by molar-refractivity contribution is 5.95. The number of nitrogens with zero attached hydrogens (tertiary/aromatic N) is 1. The molecule has 6 nitrogen and oxygen atoms in total. The molecule has 0 bridgehead atoms. The van der Waals surface area contributed by atoms with E-state index in [2.05, 4.69) is 10.3 Å². The number of piperidine rings is 1. The third-order valence-electron chi connectivity index (χ3n) is 5.16. The van der Waals surface area contributed by atoms with Gasteiger partial charge in [-0.1, -0.05) is 26.0 Å². The van der Waals surface area contributed by atoms with Gasteiger partial charge < -0.3 is 14.8 Å². The Morgan fingerprint density at radius 1 is 1.14 bits per heavy atom. The molecule has 1 fully saturated rings. The van der Waals surface area contributed by atoms with Gasteiger partial charge in [0.2, 0.25) is 0 Å². The van der Waals surface area contributed by atoms with Crippen molar-refractivity contribution in [1.82, 2.24) is 10.3 Å². The number of carbonyl (C=O) groups is 2. The Morgan fingerprint density at radius 3 is 2.61 bits per heavy atom. The van der Waals surface area contributed by atoms with Gasteiger partial charge in [0, 0.05) is 37.2 Å². The summed E-state index contributed by atoms with van der Waals surface area (Å²) in [5.41, 5.74) is 3.19. The number of pyridine rings is 1. The molecule has 1 aromatic heterocycles. The van der Waals surface area contributed by atoms with E-state index in [1.807, 2.05) is 32.0 Å². The van der Waals surface area contributed by atoms with E-state index in [1.165, 1.54) is 13.3 Å². The first kappa shape index (κ1) is 20.0. The van der Waals surface area contributed by atoms with Crippen molar-refractivity contribution in [3.8, 4) is 11.1 Å². The number of ether oxygens (including phenoxy) is 2. The maximum Gasteiger partial charge on any atom is 0.339 e. The van der Waals surface area contributed by atoms with E-state index in [4.69, 9.17) is 9.47 Å². The summed E-state index contributed by atoms with van der Waals surface area (Å²) in [6.45, 7) is 5.74. The predicted molar refractivity (Wildman–Crippen MR) is 106 cm³/mol. The molecule has 0 unspecified atom stereocenters. The van der Waals surface area contributed by atoms with E-state index in [-0.39, 0.29) is 11.6 Å². The van der Waals surface area contributed by atoms with Gasteiger partial charge in [-0.3, -0.25) is 4.98 Å². The number of methoxy groups -OCH3 is 1. The fourth-order valence-electron chi connectivity index (χ4n) is 3.72. The highest BCUT2D eigenvalue weighted by atomic mass is 16.6. The summed E-state index contributed by atoms with van der Waals surface area (Å²) in [5, 5.41) is 3.31. The van der Waals surface area contributed by atoms with Crippen molar-refractivity contribution in [2.75, 3.05) is 20.2 Å². The van der Waals surface area contributed by atoms with Crippen molar-refractivity contribution in [3.05, 3.63) is 53.3 Å². The molecule has 0 aliphatic carbocycles. The molecule has 2 aromatic rings. The topological polar surface area (TPSA) is 77.5 Å². The van der Waals surface area contributed by atoms with Crippen LogP contribution in [0.4, 0.5) is 0 Å².